The Labute approximate surface area is 104 Å². The minimum Gasteiger partial charge on any atom is -0.497 e. The van der Waals surface area contributed by atoms with Gasteiger partial charge in [-0.3, -0.25) is 0 Å². The average Bonchev–Trinajstić information content (AvgIpc) is 2.34. The van der Waals surface area contributed by atoms with Crippen LogP contribution in [0.2, 0.25) is 0 Å². The van der Waals surface area contributed by atoms with E-state index in [1.54, 1.807) is 7.11 Å². The zero-order chi connectivity index (χ0) is 12.5. The monoisotopic (exact) mass is 233 g/mol. The van der Waals surface area contributed by atoms with E-state index in [1.165, 1.54) is 12.0 Å². The lowest BCUT2D eigenvalue weighted by Crippen LogP contribution is -2.43. The molecular formula is C15H23NO. The minimum atomic E-state index is -0.166. The molecule has 94 valence electrons. The normalized spacial score (nSPS) is 33.4. The lowest BCUT2D eigenvalue weighted by atomic mass is 9.69. The van der Waals surface area contributed by atoms with Crippen molar-refractivity contribution in [3.8, 4) is 5.75 Å². The van der Waals surface area contributed by atoms with Gasteiger partial charge in [-0.15, -0.1) is 0 Å². The lowest BCUT2D eigenvalue weighted by molar-refractivity contribution is 0.176. The van der Waals surface area contributed by atoms with Crippen LogP contribution in [0.5, 0.6) is 5.75 Å². The van der Waals surface area contributed by atoms with Gasteiger partial charge in [0.15, 0.2) is 0 Å². The highest BCUT2D eigenvalue weighted by molar-refractivity contribution is 5.33. The first kappa shape index (κ1) is 12.4. The van der Waals surface area contributed by atoms with E-state index in [0.717, 1.165) is 24.5 Å². The number of hydrogen-bond acceptors (Lipinski definition) is 2. The van der Waals surface area contributed by atoms with E-state index in [1.807, 2.05) is 12.1 Å². The van der Waals surface area contributed by atoms with E-state index < -0.39 is 0 Å². The van der Waals surface area contributed by atoms with E-state index in [4.69, 9.17) is 10.5 Å². The van der Waals surface area contributed by atoms with Gasteiger partial charge in [0, 0.05) is 5.54 Å². The SMILES string of the molecule is COc1cccc(C2(N)CCC(C)C(C)C2)c1. The average molecular weight is 233 g/mol. The van der Waals surface area contributed by atoms with Gasteiger partial charge >= 0.3 is 0 Å². The van der Waals surface area contributed by atoms with E-state index in [9.17, 15) is 0 Å². The predicted octanol–water partition coefficient (Wildman–Crippen LogP) is 3.31. The van der Waals surface area contributed by atoms with Gasteiger partial charge in [0.05, 0.1) is 7.11 Å². The fourth-order valence-electron chi connectivity index (χ4n) is 2.84. The summed E-state index contributed by atoms with van der Waals surface area (Å²) in [6, 6.07) is 8.22. The van der Waals surface area contributed by atoms with Gasteiger partial charge in [-0.2, -0.15) is 0 Å². The van der Waals surface area contributed by atoms with E-state index in [2.05, 4.69) is 26.0 Å². The molecule has 0 heterocycles. The van der Waals surface area contributed by atoms with Crippen molar-refractivity contribution in [1.29, 1.82) is 0 Å². The number of benzene rings is 1. The summed E-state index contributed by atoms with van der Waals surface area (Å²) in [6.45, 7) is 4.64. The second-order valence-electron chi connectivity index (χ2n) is 5.59. The molecule has 2 N–H and O–H groups in total. The summed E-state index contributed by atoms with van der Waals surface area (Å²) in [7, 11) is 1.70. The molecule has 0 spiro atoms. The number of rotatable bonds is 2. The van der Waals surface area contributed by atoms with Crippen molar-refractivity contribution < 1.29 is 4.74 Å². The number of ether oxygens (including phenoxy) is 1. The largest absolute Gasteiger partial charge is 0.497 e. The van der Waals surface area contributed by atoms with Crippen molar-refractivity contribution in [3.63, 3.8) is 0 Å². The standard InChI is InChI=1S/C15H23NO/c1-11-7-8-15(16,10-12(11)2)13-5-4-6-14(9-13)17-3/h4-6,9,11-12H,7-8,10,16H2,1-3H3. The molecule has 0 saturated heterocycles. The zero-order valence-corrected chi connectivity index (χ0v) is 11.1. The van der Waals surface area contributed by atoms with E-state index in [-0.39, 0.29) is 5.54 Å². The third-order valence-electron chi connectivity index (χ3n) is 4.35. The smallest absolute Gasteiger partial charge is 0.119 e. The minimum absolute atomic E-state index is 0.166. The third-order valence-corrected chi connectivity index (χ3v) is 4.35. The summed E-state index contributed by atoms with van der Waals surface area (Å²) in [5.41, 5.74) is 7.65. The molecule has 3 atom stereocenters. The summed E-state index contributed by atoms with van der Waals surface area (Å²) < 4.78 is 5.28. The Morgan fingerprint density at radius 3 is 2.71 bits per heavy atom. The number of nitrogens with two attached hydrogens (primary N) is 1. The summed E-state index contributed by atoms with van der Waals surface area (Å²) in [5, 5.41) is 0. The van der Waals surface area contributed by atoms with Crippen molar-refractivity contribution >= 4 is 0 Å². The molecule has 2 nitrogen and oxygen atoms in total. The lowest BCUT2D eigenvalue weighted by Gasteiger charge is -2.40. The van der Waals surface area contributed by atoms with Gasteiger partial charge in [-0.05, 0) is 48.8 Å². The Balaban J connectivity index is 2.25. The van der Waals surface area contributed by atoms with Crippen molar-refractivity contribution in [3.05, 3.63) is 29.8 Å². The fraction of sp³-hybridized carbons (Fsp3) is 0.600. The molecule has 0 aliphatic heterocycles. The first-order valence-corrected chi connectivity index (χ1v) is 6.48. The van der Waals surface area contributed by atoms with E-state index in [0.29, 0.717) is 5.92 Å². The van der Waals surface area contributed by atoms with E-state index >= 15 is 0 Å². The van der Waals surface area contributed by atoms with Crippen LogP contribution in [0.4, 0.5) is 0 Å². The maximum absolute atomic E-state index is 6.60. The van der Waals surface area contributed by atoms with Crippen LogP contribution in [0.3, 0.4) is 0 Å². The summed E-state index contributed by atoms with van der Waals surface area (Å²) in [5.74, 6) is 2.39. The molecule has 2 rings (SSSR count). The molecule has 0 radical (unpaired) electrons. The fourth-order valence-corrected chi connectivity index (χ4v) is 2.84. The van der Waals surface area contributed by atoms with Crippen molar-refractivity contribution in [1.82, 2.24) is 0 Å². The molecule has 1 saturated carbocycles. The molecule has 1 aromatic rings. The van der Waals surface area contributed by atoms with Crippen LogP contribution in [0.15, 0.2) is 24.3 Å². The molecule has 1 fully saturated rings. The third kappa shape index (κ3) is 2.47. The van der Waals surface area contributed by atoms with Crippen molar-refractivity contribution in [2.75, 3.05) is 7.11 Å². The van der Waals surface area contributed by atoms with Crippen LogP contribution in [-0.2, 0) is 5.54 Å². The summed E-state index contributed by atoms with van der Waals surface area (Å²) in [4.78, 5) is 0. The highest BCUT2D eigenvalue weighted by atomic mass is 16.5. The Bertz CT molecular complexity index is 390. The van der Waals surface area contributed by atoms with Crippen molar-refractivity contribution in [2.24, 2.45) is 17.6 Å². The van der Waals surface area contributed by atoms with Crippen LogP contribution in [-0.4, -0.2) is 7.11 Å². The highest BCUT2D eigenvalue weighted by Crippen LogP contribution is 2.41. The molecule has 3 unspecified atom stereocenters. The number of methoxy groups -OCH3 is 1. The van der Waals surface area contributed by atoms with Crippen LogP contribution >= 0.6 is 0 Å². The molecule has 0 aromatic heterocycles. The second kappa shape index (κ2) is 4.69. The number of hydrogen-bond donors (Lipinski definition) is 1. The quantitative estimate of drug-likeness (QED) is 0.850. The molecule has 2 heteroatoms. The Hall–Kier alpha value is -1.02. The van der Waals surface area contributed by atoms with Gasteiger partial charge in [-0.1, -0.05) is 26.0 Å². The first-order chi connectivity index (χ1) is 8.05. The van der Waals surface area contributed by atoms with Crippen LogP contribution in [0.1, 0.15) is 38.7 Å². The van der Waals surface area contributed by atoms with Gasteiger partial charge in [0.2, 0.25) is 0 Å². The molecule has 17 heavy (non-hydrogen) atoms. The zero-order valence-electron chi connectivity index (χ0n) is 11.1. The molecular weight excluding hydrogens is 210 g/mol. The summed E-state index contributed by atoms with van der Waals surface area (Å²) in [6.07, 6.45) is 3.36. The second-order valence-corrected chi connectivity index (χ2v) is 5.59. The van der Waals surface area contributed by atoms with Crippen LogP contribution < -0.4 is 10.5 Å². The highest BCUT2D eigenvalue weighted by Gasteiger charge is 2.35. The molecule has 1 aliphatic carbocycles. The van der Waals surface area contributed by atoms with Gasteiger partial charge in [0.1, 0.15) is 5.75 Å². The van der Waals surface area contributed by atoms with Gasteiger partial charge in [0.25, 0.3) is 0 Å². The van der Waals surface area contributed by atoms with Crippen LogP contribution in [0, 0.1) is 11.8 Å². The predicted molar refractivity (Wildman–Crippen MR) is 71.0 cm³/mol. The molecule has 1 aromatic carbocycles. The van der Waals surface area contributed by atoms with Crippen molar-refractivity contribution in [2.45, 2.75) is 38.6 Å². The molecule has 0 bridgehead atoms. The van der Waals surface area contributed by atoms with Crippen LogP contribution in [0.25, 0.3) is 0 Å². The maximum Gasteiger partial charge on any atom is 0.119 e. The van der Waals surface area contributed by atoms with Gasteiger partial charge in [-0.25, -0.2) is 0 Å². The molecule has 0 amide bonds. The Kier molecular flexibility index (Phi) is 3.43. The Morgan fingerprint density at radius 2 is 2.06 bits per heavy atom. The molecule has 1 aliphatic rings. The topological polar surface area (TPSA) is 35.2 Å². The summed E-state index contributed by atoms with van der Waals surface area (Å²) >= 11 is 0. The maximum atomic E-state index is 6.60. The Morgan fingerprint density at radius 1 is 1.29 bits per heavy atom. The van der Waals surface area contributed by atoms with Gasteiger partial charge < -0.3 is 10.5 Å². The first-order valence-electron chi connectivity index (χ1n) is 6.48.